The van der Waals surface area contributed by atoms with Crippen LogP contribution in [0.15, 0.2) is 103 Å². The Morgan fingerprint density at radius 3 is 1.94 bits per heavy atom. The number of ether oxygens (including phenoxy) is 1. The van der Waals surface area contributed by atoms with Crippen molar-refractivity contribution in [2.24, 2.45) is 5.92 Å². The number of carbonyl (C=O) groups excluding carboxylic acids is 2. The summed E-state index contributed by atoms with van der Waals surface area (Å²) in [6, 6.07) is 32.9. The Bertz CT molecular complexity index is 1700. The molecule has 0 heterocycles. The summed E-state index contributed by atoms with van der Waals surface area (Å²) in [5.74, 6) is -2.11. The average Bonchev–Trinajstić information content (AvgIpc) is 3.43. The van der Waals surface area contributed by atoms with Crippen LogP contribution in [0.5, 0.6) is 0 Å². The van der Waals surface area contributed by atoms with Gasteiger partial charge in [0.1, 0.15) is 6.61 Å². The zero-order valence-corrected chi connectivity index (χ0v) is 29.8. The molecule has 0 bridgehead atoms. The first-order chi connectivity index (χ1) is 24.1. The van der Waals surface area contributed by atoms with Crippen molar-refractivity contribution in [2.45, 2.75) is 37.6 Å². The molecule has 0 saturated heterocycles. The first-order valence-electron chi connectivity index (χ1n) is 17.1. The maximum Gasteiger partial charge on any atom is 0.409 e. The van der Waals surface area contributed by atoms with Gasteiger partial charge >= 0.3 is 12.1 Å². The largest absolute Gasteiger partial charge is 0.481 e. The molecule has 2 amide bonds. The molecule has 9 heteroatoms. The van der Waals surface area contributed by atoms with Gasteiger partial charge in [-0.1, -0.05) is 103 Å². The number of likely N-dealkylation sites (N-methyl/N-ethyl adjacent to an activating group) is 1. The summed E-state index contributed by atoms with van der Waals surface area (Å²) in [7, 11) is 5.66. The second-order valence-electron chi connectivity index (χ2n) is 13.3. The molecule has 1 aliphatic rings. The predicted octanol–water partition coefficient (Wildman–Crippen LogP) is 7.25. The third kappa shape index (κ3) is 9.52. The number of carbonyl (C=O) groups is 3. The van der Waals surface area contributed by atoms with Crippen molar-refractivity contribution in [3.05, 3.63) is 130 Å². The van der Waals surface area contributed by atoms with Gasteiger partial charge in [-0.3, -0.25) is 9.59 Å². The van der Waals surface area contributed by atoms with Crippen LogP contribution in [0.25, 0.3) is 11.1 Å². The van der Waals surface area contributed by atoms with E-state index in [1.807, 2.05) is 93.0 Å². The summed E-state index contributed by atoms with van der Waals surface area (Å²) < 4.78 is 6.05. The minimum Gasteiger partial charge on any atom is -0.481 e. The third-order valence-electron chi connectivity index (χ3n) is 9.43. The van der Waals surface area contributed by atoms with E-state index in [1.165, 1.54) is 0 Å². The highest BCUT2D eigenvalue weighted by atomic mass is 35.5. The monoisotopic (exact) mass is 695 g/mol. The van der Waals surface area contributed by atoms with Gasteiger partial charge in [0, 0.05) is 31.1 Å². The summed E-state index contributed by atoms with van der Waals surface area (Å²) in [6.45, 7) is 1.54. The maximum absolute atomic E-state index is 14.3. The van der Waals surface area contributed by atoms with Crippen LogP contribution in [-0.4, -0.2) is 91.2 Å². The standard InChI is InChI=1S/C41H46ClN3O5/c1-43(2)22-11-23-45(40(48)31(26-39(46)47)24-29-12-5-4-6-13-29)27-33(25-30-18-20-32(42)21-19-30)44(3)41(49)50-28-38-36-16-9-7-14-34(36)35-15-8-10-17-37(35)38/h4-10,12-21,31,33,38H,11,22-28H2,1-3H3,(H,46,47). The summed E-state index contributed by atoms with van der Waals surface area (Å²) in [5, 5.41) is 10.4. The maximum atomic E-state index is 14.3. The number of rotatable bonds is 16. The van der Waals surface area contributed by atoms with E-state index in [-0.39, 0.29) is 31.4 Å². The van der Waals surface area contributed by atoms with Gasteiger partial charge in [0.2, 0.25) is 5.91 Å². The Labute approximate surface area is 300 Å². The Balaban J connectivity index is 1.39. The lowest BCUT2D eigenvalue weighted by Crippen LogP contribution is -2.50. The Morgan fingerprint density at radius 2 is 1.34 bits per heavy atom. The van der Waals surface area contributed by atoms with E-state index in [0.29, 0.717) is 30.8 Å². The molecule has 0 radical (unpaired) electrons. The van der Waals surface area contributed by atoms with Crippen molar-refractivity contribution in [2.75, 3.05) is 47.4 Å². The molecular formula is C41H46ClN3O5. The summed E-state index contributed by atoms with van der Waals surface area (Å²) >= 11 is 6.20. The molecule has 262 valence electrons. The zero-order chi connectivity index (χ0) is 35.6. The number of fused-ring (bicyclic) bond motifs is 3. The molecule has 0 saturated carbocycles. The van der Waals surface area contributed by atoms with E-state index in [4.69, 9.17) is 16.3 Å². The highest BCUT2D eigenvalue weighted by molar-refractivity contribution is 6.30. The molecule has 2 unspecified atom stereocenters. The minimum absolute atomic E-state index is 0.0895. The van der Waals surface area contributed by atoms with Gasteiger partial charge in [-0.15, -0.1) is 0 Å². The molecule has 1 aliphatic carbocycles. The molecule has 5 rings (SSSR count). The van der Waals surface area contributed by atoms with Crippen molar-refractivity contribution in [3.63, 3.8) is 0 Å². The summed E-state index contributed by atoms with van der Waals surface area (Å²) in [5.41, 5.74) is 6.40. The fraction of sp³-hybridized carbons (Fsp3) is 0.341. The quantitative estimate of drug-likeness (QED) is 0.133. The van der Waals surface area contributed by atoms with Crippen molar-refractivity contribution in [1.82, 2.24) is 14.7 Å². The number of hydrogen-bond acceptors (Lipinski definition) is 5. The number of carboxylic acids is 1. The van der Waals surface area contributed by atoms with Gasteiger partial charge in [-0.25, -0.2) is 4.79 Å². The highest BCUT2D eigenvalue weighted by Crippen LogP contribution is 2.44. The van der Waals surface area contributed by atoms with Crippen molar-refractivity contribution in [1.29, 1.82) is 0 Å². The number of aliphatic carboxylic acids is 1. The second kappa shape index (κ2) is 17.3. The smallest absolute Gasteiger partial charge is 0.409 e. The number of hydrogen-bond donors (Lipinski definition) is 1. The van der Waals surface area contributed by atoms with E-state index in [0.717, 1.165) is 39.9 Å². The van der Waals surface area contributed by atoms with Crippen LogP contribution < -0.4 is 0 Å². The Morgan fingerprint density at radius 1 is 0.760 bits per heavy atom. The molecule has 0 fully saturated rings. The second-order valence-corrected chi connectivity index (χ2v) is 13.8. The van der Waals surface area contributed by atoms with E-state index >= 15 is 0 Å². The van der Waals surface area contributed by atoms with Crippen LogP contribution in [0, 0.1) is 5.92 Å². The molecule has 1 N–H and O–H groups in total. The molecular weight excluding hydrogens is 650 g/mol. The van der Waals surface area contributed by atoms with E-state index < -0.39 is 24.0 Å². The van der Waals surface area contributed by atoms with Crippen LogP contribution in [0.2, 0.25) is 5.02 Å². The third-order valence-corrected chi connectivity index (χ3v) is 9.68. The Kier molecular flexibility index (Phi) is 12.7. The van der Waals surface area contributed by atoms with E-state index in [9.17, 15) is 19.5 Å². The molecule has 2 atom stereocenters. The number of halogens is 1. The summed E-state index contributed by atoms with van der Waals surface area (Å²) in [4.78, 5) is 45.6. The summed E-state index contributed by atoms with van der Waals surface area (Å²) in [6.07, 6.45) is 0.657. The molecule has 0 aromatic heterocycles. The molecule has 0 spiro atoms. The first-order valence-corrected chi connectivity index (χ1v) is 17.5. The van der Waals surface area contributed by atoms with Gasteiger partial charge < -0.3 is 24.5 Å². The van der Waals surface area contributed by atoms with Crippen LogP contribution in [0.1, 0.15) is 41.0 Å². The average molecular weight is 696 g/mol. The van der Waals surface area contributed by atoms with Crippen LogP contribution in [0.3, 0.4) is 0 Å². The van der Waals surface area contributed by atoms with Gasteiger partial charge in [0.15, 0.2) is 0 Å². The van der Waals surface area contributed by atoms with Gasteiger partial charge in [-0.2, -0.15) is 0 Å². The van der Waals surface area contributed by atoms with Crippen molar-refractivity contribution < 1.29 is 24.2 Å². The SMILES string of the molecule is CN(C)CCCN(CC(Cc1ccc(Cl)cc1)N(C)C(=O)OCC1c2ccccc2-c2ccccc21)C(=O)C(CC(=O)O)Cc1ccccc1. The number of benzene rings is 4. The molecule has 50 heavy (non-hydrogen) atoms. The normalized spacial score (nSPS) is 13.3. The van der Waals surface area contributed by atoms with Crippen LogP contribution >= 0.6 is 11.6 Å². The predicted molar refractivity (Wildman–Crippen MR) is 197 cm³/mol. The minimum atomic E-state index is -1.03. The molecule has 0 aliphatic heterocycles. The lowest BCUT2D eigenvalue weighted by molar-refractivity contribution is -0.145. The fourth-order valence-electron chi connectivity index (χ4n) is 6.80. The fourth-order valence-corrected chi connectivity index (χ4v) is 6.93. The lowest BCUT2D eigenvalue weighted by atomic mass is 9.94. The molecule has 4 aromatic carbocycles. The first kappa shape index (κ1) is 36.6. The molecule has 4 aromatic rings. The van der Waals surface area contributed by atoms with Gasteiger partial charge in [0.25, 0.3) is 0 Å². The van der Waals surface area contributed by atoms with Crippen molar-refractivity contribution >= 4 is 29.6 Å². The highest BCUT2D eigenvalue weighted by Gasteiger charge is 2.33. The molecule has 8 nitrogen and oxygen atoms in total. The number of carboxylic acid groups (broad SMARTS) is 1. The van der Waals surface area contributed by atoms with Gasteiger partial charge in [0.05, 0.1) is 18.4 Å². The number of nitrogens with zero attached hydrogens (tertiary/aromatic N) is 3. The Hall–Kier alpha value is -4.66. The number of amides is 2. The van der Waals surface area contributed by atoms with Crippen LogP contribution in [-0.2, 0) is 27.2 Å². The lowest BCUT2D eigenvalue weighted by Gasteiger charge is -2.35. The zero-order valence-electron chi connectivity index (χ0n) is 29.0. The van der Waals surface area contributed by atoms with Crippen LogP contribution in [0.4, 0.5) is 4.79 Å². The van der Waals surface area contributed by atoms with Crippen molar-refractivity contribution in [3.8, 4) is 11.1 Å². The van der Waals surface area contributed by atoms with E-state index in [2.05, 4.69) is 29.2 Å². The van der Waals surface area contributed by atoms with Gasteiger partial charge in [-0.05, 0) is 85.4 Å². The topological polar surface area (TPSA) is 90.4 Å². The van der Waals surface area contributed by atoms with E-state index in [1.54, 1.807) is 16.8 Å².